The molecule has 0 saturated carbocycles. The van der Waals surface area contributed by atoms with Crippen molar-refractivity contribution in [2.24, 2.45) is 0 Å². The number of hydrogen-bond acceptors (Lipinski definition) is 5. The molecule has 0 unspecified atom stereocenters. The molecule has 0 aliphatic rings. The van der Waals surface area contributed by atoms with Crippen LogP contribution in [0.2, 0.25) is 0 Å². The van der Waals surface area contributed by atoms with Gasteiger partial charge in [0.25, 0.3) is 0 Å². The van der Waals surface area contributed by atoms with Gasteiger partial charge in [0.15, 0.2) is 40.3 Å². The first-order valence-electron chi connectivity index (χ1n) is 7.46. The van der Waals surface area contributed by atoms with Crippen LogP contribution in [0.15, 0.2) is 35.5 Å². The topological polar surface area (TPSA) is 92.6 Å². The van der Waals surface area contributed by atoms with E-state index in [1.165, 1.54) is 18.2 Å². The van der Waals surface area contributed by atoms with E-state index >= 15 is 0 Å². The van der Waals surface area contributed by atoms with Crippen molar-refractivity contribution < 1.29 is 35.5 Å². The normalized spacial score (nSPS) is 10.4. The third-order valence-electron chi connectivity index (χ3n) is 3.38. The lowest BCUT2D eigenvalue weighted by atomic mass is 10.2. The first kappa shape index (κ1) is 22.1. The number of hydrogen-bond donors (Lipinski definition) is 1. The fraction of sp³-hybridized carbons (Fsp3) is 0.0556. The minimum Gasteiger partial charge on any atom is -0.445 e. The van der Waals surface area contributed by atoms with Gasteiger partial charge in [-0.3, -0.25) is 0 Å². The summed E-state index contributed by atoms with van der Waals surface area (Å²) in [5.41, 5.74) is -3.46. The first-order valence-corrected chi connectivity index (χ1v) is 7.46. The van der Waals surface area contributed by atoms with Crippen molar-refractivity contribution in [1.29, 1.82) is 15.8 Å². The number of ether oxygens (including phenoxy) is 1. The molecule has 0 spiro atoms. The van der Waals surface area contributed by atoms with E-state index in [4.69, 9.17) is 15.8 Å². The number of alkyl halides is 3. The van der Waals surface area contributed by atoms with Crippen molar-refractivity contribution in [2.75, 3.05) is 5.32 Å². The first-order chi connectivity index (χ1) is 14.0. The number of nitriles is 3. The Kier molecular flexibility index (Phi) is 6.18. The van der Waals surface area contributed by atoms with E-state index in [1.807, 2.05) is 0 Å². The fourth-order valence-electron chi connectivity index (χ4n) is 2.08. The second kappa shape index (κ2) is 8.41. The van der Waals surface area contributed by atoms with Crippen molar-refractivity contribution in [3.63, 3.8) is 0 Å². The molecule has 0 saturated heterocycles. The minimum atomic E-state index is -5.07. The maximum absolute atomic E-state index is 14.2. The summed E-state index contributed by atoms with van der Waals surface area (Å²) in [6, 6.07) is 4.98. The van der Waals surface area contributed by atoms with Gasteiger partial charge in [0.2, 0.25) is 0 Å². The zero-order chi connectivity index (χ0) is 22.6. The highest BCUT2D eigenvalue weighted by Gasteiger charge is 2.33. The van der Waals surface area contributed by atoms with Crippen LogP contribution in [0.1, 0.15) is 5.56 Å². The van der Waals surface area contributed by atoms with Crippen LogP contribution in [0.3, 0.4) is 0 Å². The predicted octanol–water partition coefficient (Wildman–Crippen LogP) is 5.29. The van der Waals surface area contributed by atoms with Gasteiger partial charge in [0, 0.05) is 17.8 Å². The van der Waals surface area contributed by atoms with E-state index in [-0.39, 0.29) is 12.1 Å². The Labute approximate surface area is 163 Å². The maximum Gasteiger partial charge on any atom is 0.416 e. The van der Waals surface area contributed by atoms with Gasteiger partial charge in [-0.1, -0.05) is 0 Å². The highest BCUT2D eigenvalue weighted by atomic mass is 19.4. The summed E-state index contributed by atoms with van der Waals surface area (Å²) in [5, 5.41) is 28.4. The Balaban J connectivity index is 2.43. The van der Waals surface area contributed by atoms with Gasteiger partial charge in [0.1, 0.15) is 23.9 Å². The number of halogens is 7. The molecule has 0 radical (unpaired) electrons. The molecule has 0 fully saturated rings. The van der Waals surface area contributed by atoms with Gasteiger partial charge in [0.05, 0.1) is 5.56 Å². The van der Waals surface area contributed by atoms with Crippen molar-refractivity contribution in [2.45, 2.75) is 6.18 Å². The monoisotopic (exact) mass is 426 g/mol. The van der Waals surface area contributed by atoms with Crippen LogP contribution in [-0.4, -0.2) is 0 Å². The lowest BCUT2D eigenvalue weighted by Gasteiger charge is -2.13. The summed E-state index contributed by atoms with van der Waals surface area (Å²) in [6.45, 7) is 0. The average Bonchev–Trinajstić information content (AvgIpc) is 2.65. The molecular weight excluding hydrogens is 421 g/mol. The molecule has 0 atom stereocenters. The molecule has 30 heavy (non-hydrogen) atoms. The smallest absolute Gasteiger partial charge is 0.416 e. The highest BCUT2D eigenvalue weighted by Crippen LogP contribution is 2.37. The molecule has 0 heterocycles. The van der Waals surface area contributed by atoms with Gasteiger partial charge in [-0.05, 0) is 12.1 Å². The van der Waals surface area contributed by atoms with Crippen molar-refractivity contribution in [3.05, 3.63) is 64.4 Å². The third kappa shape index (κ3) is 4.59. The molecule has 5 nitrogen and oxygen atoms in total. The molecule has 0 aromatic heterocycles. The van der Waals surface area contributed by atoms with E-state index in [9.17, 15) is 30.7 Å². The molecule has 2 aromatic carbocycles. The average molecular weight is 426 g/mol. The second-order valence-corrected chi connectivity index (χ2v) is 5.35. The van der Waals surface area contributed by atoms with Crippen LogP contribution < -0.4 is 10.1 Å². The zero-order valence-electron chi connectivity index (χ0n) is 14.2. The lowest BCUT2D eigenvalue weighted by Crippen LogP contribution is -2.08. The molecule has 2 aromatic rings. The molecular formula is C18H5F7N4O. The van der Waals surface area contributed by atoms with Crippen LogP contribution in [-0.2, 0) is 6.18 Å². The van der Waals surface area contributed by atoms with E-state index < -0.39 is 63.5 Å². The van der Waals surface area contributed by atoms with E-state index in [2.05, 4.69) is 10.1 Å². The highest BCUT2D eigenvalue weighted by molar-refractivity contribution is 5.59. The maximum atomic E-state index is 14.2. The van der Waals surface area contributed by atoms with E-state index in [0.29, 0.717) is 12.1 Å². The Morgan fingerprint density at radius 1 is 0.767 bits per heavy atom. The quantitative estimate of drug-likeness (QED) is 0.530. The summed E-state index contributed by atoms with van der Waals surface area (Å²) in [6.07, 6.45) is -5.07. The second-order valence-electron chi connectivity index (χ2n) is 5.35. The summed E-state index contributed by atoms with van der Waals surface area (Å²) < 4.78 is 98.2. The summed E-state index contributed by atoms with van der Waals surface area (Å²) in [7, 11) is 0. The molecule has 0 amide bonds. The molecule has 0 aliphatic carbocycles. The van der Waals surface area contributed by atoms with Crippen molar-refractivity contribution in [1.82, 2.24) is 0 Å². The molecule has 12 heteroatoms. The Bertz CT molecular complexity index is 1110. The van der Waals surface area contributed by atoms with Crippen LogP contribution in [0.25, 0.3) is 0 Å². The number of nitrogens with zero attached hydrogens (tertiary/aromatic N) is 3. The van der Waals surface area contributed by atoms with E-state index in [0.717, 1.165) is 0 Å². The number of anilines is 1. The van der Waals surface area contributed by atoms with Crippen LogP contribution in [0.4, 0.5) is 36.4 Å². The van der Waals surface area contributed by atoms with Gasteiger partial charge in [-0.2, -0.15) is 29.0 Å². The Morgan fingerprint density at radius 2 is 1.20 bits per heavy atom. The molecule has 0 bridgehead atoms. The van der Waals surface area contributed by atoms with Crippen LogP contribution in [0, 0.1) is 57.3 Å². The van der Waals surface area contributed by atoms with Gasteiger partial charge in [-0.25, -0.2) is 17.6 Å². The number of allylic oxidation sites excluding steroid dienone is 2. The third-order valence-corrected chi connectivity index (χ3v) is 3.38. The summed E-state index contributed by atoms with van der Waals surface area (Å²) in [4.78, 5) is 0. The van der Waals surface area contributed by atoms with Gasteiger partial charge in [-0.15, -0.1) is 0 Å². The minimum absolute atomic E-state index is 0.112. The number of benzene rings is 2. The van der Waals surface area contributed by atoms with Gasteiger partial charge < -0.3 is 10.1 Å². The van der Waals surface area contributed by atoms with Crippen LogP contribution >= 0.6 is 0 Å². The van der Waals surface area contributed by atoms with Crippen molar-refractivity contribution >= 4 is 5.69 Å². The number of rotatable bonds is 4. The molecule has 0 aliphatic heterocycles. The largest absolute Gasteiger partial charge is 0.445 e. The lowest BCUT2D eigenvalue weighted by molar-refractivity contribution is -0.138. The zero-order valence-corrected chi connectivity index (χ0v) is 14.2. The van der Waals surface area contributed by atoms with Crippen LogP contribution in [0.5, 0.6) is 11.5 Å². The Hall–Kier alpha value is -4.24. The summed E-state index contributed by atoms with van der Waals surface area (Å²) >= 11 is 0. The predicted molar refractivity (Wildman–Crippen MR) is 85.3 cm³/mol. The van der Waals surface area contributed by atoms with E-state index in [1.54, 1.807) is 0 Å². The summed E-state index contributed by atoms with van der Waals surface area (Å²) in [5.74, 6) is -9.64. The molecule has 152 valence electrons. The standard InChI is InChI=1S/C18H5F7N4O/c19-11-1-9(18(23,24)25)2-12(20)16(11)30-17-13(21)3-10(4-14(17)22)29-15(7-28)8(5-26)6-27/h1-4,29H. The van der Waals surface area contributed by atoms with Crippen molar-refractivity contribution in [3.8, 4) is 29.7 Å². The Morgan fingerprint density at radius 3 is 1.57 bits per heavy atom. The SMILES string of the molecule is N#CC(C#N)=C(C#N)Nc1cc(F)c(Oc2c(F)cc(C(F)(F)F)cc2F)c(F)c1. The number of nitrogens with one attached hydrogen (secondary N) is 1. The van der Waals surface area contributed by atoms with Gasteiger partial charge >= 0.3 is 6.18 Å². The molecule has 1 N–H and O–H groups in total. The fourth-order valence-corrected chi connectivity index (χ4v) is 2.08. The molecule has 2 rings (SSSR count).